The van der Waals surface area contributed by atoms with Crippen LogP contribution in [0.5, 0.6) is 0 Å². The second-order valence-electron chi connectivity index (χ2n) is 17.5. The molecule has 0 aromatic carbocycles. The van der Waals surface area contributed by atoms with E-state index in [9.17, 15) is 34.2 Å². The Morgan fingerprint density at radius 1 is 0.880 bits per heavy atom. The summed E-state index contributed by atoms with van der Waals surface area (Å²) in [6.45, 7) is 13.0. The van der Waals surface area contributed by atoms with E-state index in [-0.39, 0.29) is 17.8 Å². The third kappa shape index (κ3) is 3.71. The lowest BCUT2D eigenvalue weighted by atomic mass is 9.40. The van der Waals surface area contributed by atoms with Gasteiger partial charge in [-0.2, -0.15) is 0 Å². The monoisotopic (exact) mass is 703 g/mol. The van der Waals surface area contributed by atoms with Crippen molar-refractivity contribution in [1.29, 1.82) is 0 Å². The highest BCUT2D eigenvalue weighted by molar-refractivity contribution is 5.84. The Morgan fingerprint density at radius 2 is 1.48 bits per heavy atom. The van der Waals surface area contributed by atoms with Gasteiger partial charge in [0.25, 0.3) is 6.47 Å². The molecule has 8 aliphatic rings. The summed E-state index contributed by atoms with van der Waals surface area (Å²) in [5.41, 5.74) is 1.32. The maximum Gasteiger partial charge on any atom is 0.341 e. The van der Waals surface area contributed by atoms with E-state index in [2.05, 4.69) is 0 Å². The number of rotatable bonds is 5. The number of aliphatic hydroxyl groups is 2. The third-order valence-corrected chi connectivity index (χ3v) is 15.8. The van der Waals surface area contributed by atoms with Crippen molar-refractivity contribution in [3.05, 3.63) is 0 Å². The van der Waals surface area contributed by atoms with Crippen LogP contribution in [0.4, 0.5) is 0 Å². The van der Waals surface area contributed by atoms with Gasteiger partial charge in [0.2, 0.25) is 5.79 Å². The van der Waals surface area contributed by atoms with Gasteiger partial charge in [-0.15, -0.1) is 0 Å². The molecule has 14 nitrogen and oxygen atoms in total. The predicted octanol–water partition coefficient (Wildman–Crippen LogP) is 0.861. The molecular formula is C36H49NO13. The lowest BCUT2D eigenvalue weighted by Gasteiger charge is -2.67. The van der Waals surface area contributed by atoms with Crippen LogP contribution in [0.25, 0.3) is 0 Å². The van der Waals surface area contributed by atoms with Crippen molar-refractivity contribution in [1.82, 2.24) is 0 Å². The van der Waals surface area contributed by atoms with E-state index in [4.69, 9.17) is 34.2 Å². The highest BCUT2D eigenvalue weighted by Crippen LogP contribution is 2.81. The van der Waals surface area contributed by atoms with Crippen LogP contribution in [0.2, 0.25) is 0 Å². The molecule has 21 atom stereocenters. The van der Waals surface area contributed by atoms with Gasteiger partial charge in [-0.3, -0.25) is 19.2 Å². The molecular weight excluding hydrogens is 654 g/mol. The number of esters is 4. The molecule has 2 heterocycles. The maximum atomic E-state index is 13.5. The van der Waals surface area contributed by atoms with Crippen LogP contribution in [0.15, 0.2) is 0 Å². The molecule has 0 bridgehead atoms. The van der Waals surface area contributed by atoms with E-state index in [0.29, 0.717) is 12.9 Å². The van der Waals surface area contributed by atoms with Crippen molar-refractivity contribution < 1.29 is 62.6 Å². The van der Waals surface area contributed by atoms with Gasteiger partial charge in [-0.1, -0.05) is 20.8 Å². The average Bonchev–Trinajstić information content (AvgIpc) is 3.92. The van der Waals surface area contributed by atoms with E-state index in [1.165, 1.54) is 27.7 Å². The predicted molar refractivity (Wildman–Crippen MR) is 167 cm³/mol. The third-order valence-electron chi connectivity index (χ3n) is 15.8. The summed E-state index contributed by atoms with van der Waals surface area (Å²) < 4.78 is 37.1. The minimum atomic E-state index is -2.10. The number of hydrogen-bond donors (Lipinski definition) is 3. The first-order chi connectivity index (χ1) is 23.3. The first-order valence-electron chi connectivity index (χ1n) is 17.9. The minimum Gasteiger partial charge on any atom is -0.463 e. The molecule has 2 saturated heterocycles. The highest BCUT2D eigenvalue weighted by Gasteiger charge is 2.93. The Labute approximate surface area is 290 Å². The summed E-state index contributed by atoms with van der Waals surface area (Å²) in [5, 5.41) is 24.3. The molecule has 8 fully saturated rings. The number of aliphatic hydroxyl groups excluding tert-OH is 1. The SMILES string of the molecule is CC(=O)O[C@H]1[C@@H]2[C@H]([C@H](C)[C@H]3O[C@]34OC(=O)[C@@](C)(O)[C@]24C)[C@]2(C)[C@@H]1C1C([C@H](OC(C)=O)[C@@H]2OC(C)=O)[C@]2(C)[C@H](CC3C[C@@H]3[C@@H]2O)[C@H](N)[C@@H]1OC=O. The van der Waals surface area contributed by atoms with Crippen molar-refractivity contribution in [2.75, 3.05) is 0 Å². The van der Waals surface area contributed by atoms with Gasteiger partial charge in [0.05, 0.1) is 11.5 Å². The molecule has 2 aliphatic heterocycles. The minimum absolute atomic E-state index is 0.0127. The van der Waals surface area contributed by atoms with Gasteiger partial charge in [0.1, 0.15) is 30.5 Å². The number of carbonyl (C=O) groups is 5. The molecule has 3 unspecified atom stereocenters. The fourth-order valence-electron chi connectivity index (χ4n) is 13.9. The Kier molecular flexibility index (Phi) is 6.99. The Balaban J connectivity index is 1.43. The van der Waals surface area contributed by atoms with Crippen molar-refractivity contribution in [3.63, 3.8) is 0 Å². The van der Waals surface area contributed by atoms with Crippen molar-refractivity contribution in [2.45, 2.75) is 122 Å². The first-order valence-corrected chi connectivity index (χ1v) is 17.9. The zero-order chi connectivity index (χ0) is 36.4. The van der Waals surface area contributed by atoms with E-state index in [1.54, 1.807) is 6.92 Å². The van der Waals surface area contributed by atoms with Crippen LogP contribution in [-0.4, -0.2) is 94.6 Å². The van der Waals surface area contributed by atoms with Gasteiger partial charge in [0, 0.05) is 61.3 Å². The summed E-state index contributed by atoms with van der Waals surface area (Å²) >= 11 is 0. The van der Waals surface area contributed by atoms with Crippen LogP contribution in [0.1, 0.15) is 68.2 Å². The van der Waals surface area contributed by atoms with Crippen molar-refractivity contribution in [3.8, 4) is 0 Å². The zero-order valence-corrected chi connectivity index (χ0v) is 29.7. The number of carbonyl (C=O) groups excluding carboxylic acids is 5. The normalized spacial score (nSPS) is 59.0. The summed E-state index contributed by atoms with van der Waals surface area (Å²) in [7, 11) is 0. The van der Waals surface area contributed by atoms with Gasteiger partial charge >= 0.3 is 23.9 Å². The van der Waals surface area contributed by atoms with Crippen LogP contribution >= 0.6 is 0 Å². The van der Waals surface area contributed by atoms with Crippen LogP contribution in [-0.2, 0) is 52.4 Å². The Hall–Kier alpha value is -2.81. The van der Waals surface area contributed by atoms with Crippen LogP contribution in [0, 0.1) is 69.5 Å². The van der Waals surface area contributed by atoms with E-state index >= 15 is 0 Å². The quantitative estimate of drug-likeness (QED) is 0.157. The fraction of sp³-hybridized carbons (Fsp3) is 0.861. The largest absolute Gasteiger partial charge is 0.463 e. The Bertz CT molecular complexity index is 1570. The van der Waals surface area contributed by atoms with Gasteiger partial charge in [-0.05, 0) is 56.3 Å². The molecule has 1 spiro atoms. The molecule has 6 aliphatic carbocycles. The number of hydrogen-bond acceptors (Lipinski definition) is 14. The average molecular weight is 704 g/mol. The fourth-order valence-corrected chi connectivity index (χ4v) is 13.9. The molecule has 0 aromatic heterocycles. The molecule has 6 saturated carbocycles. The molecule has 4 N–H and O–H groups in total. The molecule has 14 heteroatoms. The van der Waals surface area contributed by atoms with Crippen LogP contribution < -0.4 is 5.73 Å². The Morgan fingerprint density at radius 3 is 2.08 bits per heavy atom. The second-order valence-corrected chi connectivity index (χ2v) is 17.5. The lowest BCUT2D eigenvalue weighted by molar-refractivity contribution is -0.287. The summed E-state index contributed by atoms with van der Waals surface area (Å²) in [4.78, 5) is 65.4. The number of nitrogens with two attached hydrogens (primary N) is 1. The molecule has 50 heavy (non-hydrogen) atoms. The van der Waals surface area contributed by atoms with Crippen molar-refractivity contribution >= 4 is 30.3 Å². The second kappa shape index (κ2) is 10.2. The topological polar surface area (TPSA) is 211 Å². The summed E-state index contributed by atoms with van der Waals surface area (Å²) in [5.74, 6) is -8.70. The smallest absolute Gasteiger partial charge is 0.341 e. The summed E-state index contributed by atoms with van der Waals surface area (Å²) in [6, 6.07) is -0.758. The maximum absolute atomic E-state index is 13.5. The molecule has 0 radical (unpaired) electrons. The molecule has 0 aromatic rings. The van der Waals surface area contributed by atoms with E-state index in [1.807, 2.05) is 20.8 Å². The highest BCUT2D eigenvalue weighted by atomic mass is 16.8. The zero-order valence-electron chi connectivity index (χ0n) is 29.7. The van der Waals surface area contributed by atoms with E-state index in [0.717, 1.165) is 6.42 Å². The first kappa shape index (κ1) is 34.3. The molecule has 8 rings (SSSR count). The number of fused-ring (bicyclic) bond motifs is 9. The number of epoxide rings is 1. The molecule has 0 amide bonds. The van der Waals surface area contributed by atoms with Crippen molar-refractivity contribution in [2.24, 2.45) is 75.2 Å². The molecule has 276 valence electrons. The lowest BCUT2D eigenvalue weighted by Crippen LogP contribution is -2.76. The van der Waals surface area contributed by atoms with Gasteiger partial charge in [-0.25, -0.2) is 4.79 Å². The van der Waals surface area contributed by atoms with Gasteiger partial charge in [0.15, 0.2) is 5.60 Å². The van der Waals surface area contributed by atoms with Gasteiger partial charge < -0.3 is 44.4 Å². The van der Waals surface area contributed by atoms with Crippen LogP contribution in [0.3, 0.4) is 0 Å². The standard InChI is InChI=1S/C36H49NO13/c1-12-20-23(34(7)35(8,44)31(43)50-36(34)29(12)49-36)26(46-13(2)39)21-19-22(27(47-14(3)40)30(33(20,21)6)48-15(4)41)32(5)18(24(37)25(19)45-11-38)10-16-9-17(16)28(32)42/h11-12,16-30,42,44H,9-10,37H2,1-8H3/t12-,16?,17-,18+,19?,20-,21+,22?,23-,24-,25+,26+,27-,28-,29+,30-,32-,33+,34-,35+,36-/m0/s1. The summed E-state index contributed by atoms with van der Waals surface area (Å²) in [6.07, 6.45) is -4.44. The number of ether oxygens (including phenoxy) is 6. The van der Waals surface area contributed by atoms with E-state index < -0.39 is 130 Å².